The number of fused-ring (bicyclic) bond motifs is 1. The number of carboxylic acid groups (broad SMARTS) is 1. The van der Waals surface area contributed by atoms with E-state index in [2.05, 4.69) is 10.3 Å². The van der Waals surface area contributed by atoms with Gasteiger partial charge >= 0.3 is 6.09 Å². The number of nitrogens with zero attached hydrogens (tertiary/aromatic N) is 2. The summed E-state index contributed by atoms with van der Waals surface area (Å²) in [6, 6.07) is 8.95. The van der Waals surface area contributed by atoms with Crippen LogP contribution in [0.15, 0.2) is 30.3 Å². The molecule has 3 rings (SSSR count). The Morgan fingerprint density at radius 3 is 2.85 bits per heavy atom. The minimum Gasteiger partial charge on any atom is -0.465 e. The van der Waals surface area contributed by atoms with Crippen LogP contribution in [0.2, 0.25) is 0 Å². The highest BCUT2D eigenvalue weighted by Gasteiger charge is 2.26. The maximum absolute atomic E-state index is 14.4. The highest BCUT2D eigenvalue weighted by molar-refractivity contribution is 5.65. The zero-order chi connectivity index (χ0) is 14.1. The molecule has 1 aromatic heterocycles. The number of amides is 1. The molecular formula is C14H14FN3O2. The highest BCUT2D eigenvalue weighted by atomic mass is 19.1. The molecule has 1 aliphatic heterocycles. The predicted octanol–water partition coefficient (Wildman–Crippen LogP) is 2.27. The fourth-order valence-electron chi connectivity index (χ4n) is 2.54. The third kappa shape index (κ3) is 2.24. The Bertz CT molecular complexity index is 639. The molecular weight excluding hydrogens is 261 g/mol. The van der Waals surface area contributed by atoms with Gasteiger partial charge in [-0.25, -0.2) is 9.78 Å². The van der Waals surface area contributed by atoms with Gasteiger partial charge in [-0.15, -0.1) is 0 Å². The van der Waals surface area contributed by atoms with Crippen molar-refractivity contribution in [2.24, 2.45) is 0 Å². The van der Waals surface area contributed by atoms with Crippen LogP contribution in [0.4, 0.5) is 9.18 Å². The lowest BCUT2D eigenvalue weighted by Gasteiger charge is -2.22. The normalized spacial score (nSPS) is 17.6. The van der Waals surface area contributed by atoms with Gasteiger partial charge in [0.05, 0.1) is 0 Å². The van der Waals surface area contributed by atoms with Gasteiger partial charge < -0.3 is 15.0 Å². The van der Waals surface area contributed by atoms with Crippen molar-refractivity contribution in [3.8, 4) is 11.3 Å². The van der Waals surface area contributed by atoms with E-state index >= 15 is 0 Å². The lowest BCUT2D eigenvalue weighted by atomic mass is 10.1. The summed E-state index contributed by atoms with van der Waals surface area (Å²) in [4.78, 5) is 15.0. The quantitative estimate of drug-likeness (QED) is 0.883. The lowest BCUT2D eigenvalue weighted by molar-refractivity contribution is 0.186. The van der Waals surface area contributed by atoms with E-state index in [1.165, 1.54) is 4.57 Å². The van der Waals surface area contributed by atoms with Gasteiger partial charge in [0.2, 0.25) is 5.95 Å². The molecule has 0 saturated heterocycles. The van der Waals surface area contributed by atoms with Gasteiger partial charge in [-0.3, -0.25) is 0 Å². The second kappa shape index (κ2) is 4.96. The Hall–Kier alpha value is -2.37. The molecule has 1 amide bonds. The summed E-state index contributed by atoms with van der Waals surface area (Å²) in [5, 5.41) is 11.2. The average molecular weight is 275 g/mol. The van der Waals surface area contributed by atoms with Crippen LogP contribution in [0.25, 0.3) is 11.3 Å². The molecule has 0 spiro atoms. The van der Waals surface area contributed by atoms with Gasteiger partial charge in [0.25, 0.3) is 0 Å². The predicted molar refractivity (Wildman–Crippen MR) is 70.9 cm³/mol. The Morgan fingerprint density at radius 2 is 2.15 bits per heavy atom. The van der Waals surface area contributed by atoms with E-state index < -0.39 is 6.09 Å². The molecule has 1 unspecified atom stereocenters. The van der Waals surface area contributed by atoms with Crippen molar-refractivity contribution in [1.82, 2.24) is 14.9 Å². The van der Waals surface area contributed by atoms with Crippen LogP contribution in [0.3, 0.4) is 0 Å². The van der Waals surface area contributed by atoms with E-state index in [0.717, 1.165) is 5.56 Å². The van der Waals surface area contributed by atoms with Gasteiger partial charge in [-0.05, 0) is 6.42 Å². The molecule has 0 aliphatic carbocycles. The molecule has 0 bridgehead atoms. The van der Waals surface area contributed by atoms with Crippen LogP contribution in [-0.4, -0.2) is 26.8 Å². The second-order valence-corrected chi connectivity index (χ2v) is 4.82. The molecule has 5 nitrogen and oxygen atoms in total. The number of hydrogen-bond acceptors (Lipinski definition) is 2. The molecule has 1 atom stereocenters. The number of aromatic nitrogens is 2. The van der Waals surface area contributed by atoms with Crippen LogP contribution < -0.4 is 5.32 Å². The topological polar surface area (TPSA) is 67.2 Å². The molecule has 2 aromatic rings. The van der Waals surface area contributed by atoms with Crippen molar-refractivity contribution < 1.29 is 14.3 Å². The first-order valence-electron chi connectivity index (χ1n) is 6.45. The van der Waals surface area contributed by atoms with Crippen molar-refractivity contribution >= 4 is 6.09 Å². The van der Waals surface area contributed by atoms with Gasteiger partial charge in [0.15, 0.2) is 0 Å². The first-order chi connectivity index (χ1) is 9.65. The third-order valence-electron chi connectivity index (χ3n) is 3.49. The number of hydrogen-bond donors (Lipinski definition) is 2. The van der Waals surface area contributed by atoms with Crippen molar-refractivity contribution in [3.05, 3.63) is 42.1 Å². The molecule has 0 radical (unpaired) electrons. The first kappa shape index (κ1) is 12.7. The summed E-state index contributed by atoms with van der Waals surface area (Å²) in [7, 11) is 0. The molecule has 1 aromatic carbocycles. The SMILES string of the molecule is O=C(O)NC1CCn2c(nc(-c3ccccc3)c2F)C1. The van der Waals surface area contributed by atoms with Crippen LogP contribution >= 0.6 is 0 Å². The van der Waals surface area contributed by atoms with E-state index in [4.69, 9.17) is 5.11 Å². The van der Waals surface area contributed by atoms with Crippen molar-refractivity contribution in [3.63, 3.8) is 0 Å². The summed E-state index contributed by atoms with van der Waals surface area (Å²) in [5.41, 5.74) is 1.06. The highest BCUT2D eigenvalue weighted by Crippen LogP contribution is 2.26. The summed E-state index contributed by atoms with van der Waals surface area (Å²) in [6.07, 6.45) is -0.0737. The number of rotatable bonds is 2. The molecule has 20 heavy (non-hydrogen) atoms. The van der Waals surface area contributed by atoms with E-state index in [1.54, 1.807) is 0 Å². The Morgan fingerprint density at radius 1 is 1.40 bits per heavy atom. The molecule has 2 heterocycles. The van der Waals surface area contributed by atoms with E-state index in [0.29, 0.717) is 30.9 Å². The molecule has 0 saturated carbocycles. The summed E-state index contributed by atoms with van der Waals surface area (Å²) in [6.45, 7) is 0.436. The number of benzene rings is 1. The molecule has 104 valence electrons. The Labute approximate surface area is 115 Å². The molecule has 6 heteroatoms. The maximum atomic E-state index is 14.4. The van der Waals surface area contributed by atoms with Gasteiger partial charge in [-0.1, -0.05) is 30.3 Å². The largest absolute Gasteiger partial charge is 0.465 e. The summed E-state index contributed by atoms with van der Waals surface area (Å²) >= 11 is 0. The van der Waals surface area contributed by atoms with Crippen LogP contribution in [0.1, 0.15) is 12.2 Å². The third-order valence-corrected chi connectivity index (χ3v) is 3.49. The fourth-order valence-corrected chi connectivity index (χ4v) is 2.54. The molecule has 1 aliphatic rings. The lowest BCUT2D eigenvalue weighted by Crippen LogP contribution is -2.39. The summed E-state index contributed by atoms with van der Waals surface area (Å²) < 4.78 is 15.9. The van der Waals surface area contributed by atoms with E-state index in [9.17, 15) is 9.18 Å². The molecule has 2 N–H and O–H groups in total. The van der Waals surface area contributed by atoms with Crippen molar-refractivity contribution in [1.29, 1.82) is 0 Å². The Kier molecular flexibility index (Phi) is 3.14. The van der Waals surface area contributed by atoms with Gasteiger partial charge in [0, 0.05) is 24.6 Å². The fraction of sp³-hybridized carbons (Fsp3) is 0.286. The number of nitrogens with one attached hydrogen (secondary N) is 1. The second-order valence-electron chi connectivity index (χ2n) is 4.82. The smallest absolute Gasteiger partial charge is 0.404 e. The number of halogens is 1. The molecule has 0 fully saturated rings. The first-order valence-corrected chi connectivity index (χ1v) is 6.45. The van der Waals surface area contributed by atoms with Crippen LogP contribution in [0.5, 0.6) is 0 Å². The monoisotopic (exact) mass is 275 g/mol. The van der Waals surface area contributed by atoms with Crippen molar-refractivity contribution in [2.45, 2.75) is 25.4 Å². The number of imidazole rings is 1. The summed E-state index contributed by atoms with van der Waals surface area (Å²) in [5.74, 6) is 0.242. The Balaban J connectivity index is 1.91. The average Bonchev–Trinajstić information content (AvgIpc) is 2.76. The van der Waals surface area contributed by atoms with Crippen LogP contribution in [0, 0.1) is 5.95 Å². The van der Waals surface area contributed by atoms with Gasteiger partial charge in [-0.2, -0.15) is 4.39 Å². The zero-order valence-electron chi connectivity index (χ0n) is 10.7. The van der Waals surface area contributed by atoms with E-state index in [-0.39, 0.29) is 12.0 Å². The maximum Gasteiger partial charge on any atom is 0.404 e. The number of carbonyl (C=O) groups is 1. The van der Waals surface area contributed by atoms with Crippen molar-refractivity contribution in [2.75, 3.05) is 0 Å². The standard InChI is InChI=1S/C14H14FN3O2/c15-13-12(9-4-2-1-3-5-9)17-11-8-10(16-14(19)20)6-7-18(11)13/h1-5,10,16H,6-8H2,(H,19,20). The van der Waals surface area contributed by atoms with E-state index in [1.807, 2.05) is 30.3 Å². The minimum absolute atomic E-state index is 0.203. The zero-order valence-corrected chi connectivity index (χ0v) is 10.7. The van der Waals surface area contributed by atoms with Gasteiger partial charge in [0.1, 0.15) is 11.5 Å². The minimum atomic E-state index is -1.06. The van der Waals surface area contributed by atoms with Crippen LogP contribution in [-0.2, 0) is 13.0 Å².